The molecule has 4 atom stereocenters. The highest BCUT2D eigenvalue weighted by molar-refractivity contribution is 5.89. The van der Waals surface area contributed by atoms with Crippen LogP contribution in [0.15, 0.2) is 60.9 Å². The molecule has 15 nitrogen and oxygen atoms in total. The van der Waals surface area contributed by atoms with Gasteiger partial charge in [-0.25, -0.2) is 4.79 Å². The summed E-state index contributed by atoms with van der Waals surface area (Å²) < 4.78 is 12.4. The van der Waals surface area contributed by atoms with Crippen LogP contribution in [-0.2, 0) is 16.8 Å². The molecular formula is C39H53N11O4. The Morgan fingerprint density at radius 3 is 2.43 bits per heavy atom. The zero-order valence-corrected chi connectivity index (χ0v) is 32.3. The maximum atomic E-state index is 13.7. The Morgan fingerprint density at radius 1 is 1.00 bits per heavy atom. The predicted octanol–water partition coefficient (Wildman–Crippen LogP) is 6.22. The molecule has 0 spiro atoms. The molecule has 1 aromatic carbocycles. The molecule has 2 amide bonds. The fourth-order valence-corrected chi connectivity index (χ4v) is 7.32. The van der Waals surface area contributed by atoms with Crippen molar-refractivity contribution in [3.8, 4) is 11.6 Å². The third-order valence-corrected chi connectivity index (χ3v) is 10.1. The highest BCUT2D eigenvalue weighted by atomic mass is 16.5. The van der Waals surface area contributed by atoms with E-state index in [1.54, 1.807) is 4.68 Å². The number of nitrogens with one attached hydrogen (secondary N) is 2. The number of aromatic nitrogens is 7. The number of fused-ring (bicyclic) bond motifs is 2. The zero-order chi connectivity index (χ0) is 38.6. The average Bonchev–Trinajstić information content (AvgIpc) is 3.88. The number of anilines is 2. The topological polar surface area (TPSA) is 160 Å². The van der Waals surface area contributed by atoms with E-state index in [4.69, 9.17) is 24.8 Å². The van der Waals surface area contributed by atoms with E-state index in [0.29, 0.717) is 23.7 Å². The number of carbonyl (C=O) groups excluding carboxylic acids is 1. The van der Waals surface area contributed by atoms with Crippen molar-refractivity contribution in [2.45, 2.75) is 103 Å². The number of rotatable bonds is 9. The summed E-state index contributed by atoms with van der Waals surface area (Å²) in [6.45, 7) is 12.2. The van der Waals surface area contributed by atoms with Crippen molar-refractivity contribution in [2.24, 2.45) is 0 Å². The van der Waals surface area contributed by atoms with Crippen LogP contribution in [0.3, 0.4) is 0 Å². The lowest BCUT2D eigenvalue weighted by atomic mass is 9.85. The number of nitrogens with zero attached hydrogens (tertiary/aromatic N) is 9. The Labute approximate surface area is 316 Å². The third kappa shape index (κ3) is 8.51. The first-order valence-electron chi connectivity index (χ1n) is 18.7. The SMILES string of the molecule is C[C@@H]1CCC[C@H](C)N1c1nnc2ccc(O[C@@H]3CC[C@H](NC(=O)Nc4cc(C(C)(C)C)nn4-c4ccn(CCN(C)C)n4)c4ccccc43)cn12.O=CO. The summed E-state index contributed by atoms with van der Waals surface area (Å²) in [4.78, 5) is 26.5. The van der Waals surface area contributed by atoms with Crippen LogP contribution >= 0.6 is 0 Å². The number of hydrogen-bond donors (Lipinski definition) is 3. The fraction of sp³-hybridized carbons (Fsp3) is 0.487. The van der Waals surface area contributed by atoms with Crippen LogP contribution < -0.4 is 20.3 Å². The molecule has 1 aliphatic carbocycles. The van der Waals surface area contributed by atoms with Gasteiger partial charge in [0.15, 0.2) is 11.5 Å². The van der Waals surface area contributed by atoms with Crippen molar-refractivity contribution >= 4 is 29.9 Å². The maximum Gasteiger partial charge on any atom is 0.320 e. The molecule has 2 aliphatic rings. The minimum Gasteiger partial charge on any atom is -0.484 e. The fourth-order valence-electron chi connectivity index (χ4n) is 7.32. The first kappa shape index (κ1) is 38.3. The Hall–Kier alpha value is -5.44. The molecule has 4 aromatic heterocycles. The molecule has 1 aliphatic heterocycles. The Kier molecular flexibility index (Phi) is 11.5. The van der Waals surface area contributed by atoms with E-state index in [1.165, 1.54) is 6.42 Å². The number of hydrogen-bond acceptors (Lipinski definition) is 9. The molecular weight excluding hydrogens is 687 g/mol. The van der Waals surface area contributed by atoms with Crippen molar-refractivity contribution in [3.05, 3.63) is 77.7 Å². The summed E-state index contributed by atoms with van der Waals surface area (Å²) in [5, 5.41) is 31.9. The molecule has 3 N–H and O–H groups in total. The molecule has 288 valence electrons. The van der Waals surface area contributed by atoms with Gasteiger partial charge in [-0.2, -0.15) is 14.9 Å². The summed E-state index contributed by atoms with van der Waals surface area (Å²) in [7, 11) is 4.08. The minimum absolute atomic E-state index is 0.161. The smallest absolute Gasteiger partial charge is 0.320 e. The molecule has 7 rings (SSSR count). The van der Waals surface area contributed by atoms with Crippen molar-refractivity contribution in [2.75, 3.05) is 30.9 Å². The van der Waals surface area contributed by atoms with Crippen LogP contribution in [0.1, 0.15) is 95.7 Å². The molecule has 54 heavy (non-hydrogen) atoms. The number of carboxylic acid groups (broad SMARTS) is 1. The highest BCUT2D eigenvalue weighted by Gasteiger charge is 2.32. The summed E-state index contributed by atoms with van der Waals surface area (Å²) in [5.74, 6) is 2.84. The molecule has 0 bridgehead atoms. The number of ether oxygens (including phenoxy) is 1. The first-order chi connectivity index (χ1) is 25.9. The van der Waals surface area contributed by atoms with Crippen LogP contribution in [0, 0.1) is 0 Å². The van der Waals surface area contributed by atoms with Gasteiger partial charge in [-0.05, 0) is 83.3 Å². The number of urea groups is 1. The van der Waals surface area contributed by atoms with Gasteiger partial charge >= 0.3 is 6.03 Å². The third-order valence-electron chi connectivity index (χ3n) is 10.1. The minimum atomic E-state index is -0.297. The van der Waals surface area contributed by atoms with E-state index in [2.05, 4.69) is 81.8 Å². The van der Waals surface area contributed by atoms with Crippen LogP contribution in [-0.4, -0.2) is 89.4 Å². The van der Waals surface area contributed by atoms with E-state index in [1.807, 2.05) is 67.6 Å². The molecule has 5 heterocycles. The van der Waals surface area contributed by atoms with E-state index < -0.39 is 0 Å². The lowest BCUT2D eigenvalue weighted by Crippen LogP contribution is -2.44. The lowest BCUT2D eigenvalue weighted by Gasteiger charge is -2.39. The van der Waals surface area contributed by atoms with E-state index >= 15 is 0 Å². The molecule has 1 saturated heterocycles. The Morgan fingerprint density at radius 2 is 1.72 bits per heavy atom. The molecule has 0 unspecified atom stereocenters. The molecule has 0 saturated carbocycles. The van der Waals surface area contributed by atoms with Crippen LogP contribution in [0.5, 0.6) is 5.75 Å². The maximum absolute atomic E-state index is 13.7. The second kappa shape index (κ2) is 16.3. The van der Waals surface area contributed by atoms with Crippen LogP contribution in [0.2, 0.25) is 0 Å². The standard InChI is InChI=1S/C38H51N11O2.CH2O2/c1-25-11-10-12-26(2)48(25)37-42-41-33-18-15-27(24-47(33)37)51-31-17-16-30(28-13-8-9-14-29(28)31)39-36(50)40-35-23-32(38(3,4)5)43-49(35)34-19-20-46(44-34)22-21-45(6)7;2-1-3/h8-9,13-15,18-20,23-26,30-31H,10-12,16-17,21-22H2,1-7H3,(H2,39,40,50);1H,(H,2,3)/t25-,26+,30-,31+;/m0./s1. The van der Waals surface area contributed by atoms with Crippen molar-refractivity contribution in [1.82, 2.24) is 44.4 Å². The second-order valence-corrected chi connectivity index (χ2v) is 15.5. The largest absolute Gasteiger partial charge is 0.484 e. The van der Waals surface area contributed by atoms with Gasteiger partial charge in [-0.3, -0.25) is 19.2 Å². The number of piperidine rings is 1. The van der Waals surface area contributed by atoms with Crippen molar-refractivity contribution in [1.29, 1.82) is 0 Å². The van der Waals surface area contributed by atoms with E-state index in [0.717, 1.165) is 72.9 Å². The number of likely N-dealkylation sites (N-methyl/N-ethyl adjacent to an activating group) is 1. The van der Waals surface area contributed by atoms with Crippen LogP contribution in [0.25, 0.3) is 11.5 Å². The number of pyridine rings is 1. The second-order valence-electron chi connectivity index (χ2n) is 15.5. The number of amides is 2. The molecule has 0 radical (unpaired) electrons. The summed E-state index contributed by atoms with van der Waals surface area (Å²) in [5.41, 5.74) is 3.57. The van der Waals surface area contributed by atoms with Crippen molar-refractivity contribution in [3.63, 3.8) is 0 Å². The summed E-state index contributed by atoms with van der Waals surface area (Å²) >= 11 is 0. The summed E-state index contributed by atoms with van der Waals surface area (Å²) in [6.07, 6.45) is 8.78. The summed E-state index contributed by atoms with van der Waals surface area (Å²) in [6, 6.07) is 16.3. The number of benzene rings is 1. The van der Waals surface area contributed by atoms with Gasteiger partial charge in [0.1, 0.15) is 17.7 Å². The van der Waals surface area contributed by atoms with Crippen LogP contribution in [0.4, 0.5) is 16.6 Å². The van der Waals surface area contributed by atoms with Gasteiger partial charge in [0.05, 0.1) is 24.5 Å². The molecule has 1 fully saturated rings. The Bertz CT molecular complexity index is 2030. The highest BCUT2D eigenvalue weighted by Crippen LogP contribution is 2.39. The normalized spacial score (nSPS) is 19.9. The first-order valence-corrected chi connectivity index (χ1v) is 18.7. The van der Waals surface area contributed by atoms with Gasteiger partial charge in [-0.15, -0.1) is 10.2 Å². The predicted molar refractivity (Wildman–Crippen MR) is 207 cm³/mol. The molecule has 5 aromatic rings. The van der Waals surface area contributed by atoms with Gasteiger partial charge < -0.3 is 25.0 Å². The monoisotopic (exact) mass is 739 g/mol. The van der Waals surface area contributed by atoms with Crippen molar-refractivity contribution < 1.29 is 19.4 Å². The zero-order valence-electron chi connectivity index (χ0n) is 32.3. The molecule has 15 heteroatoms. The van der Waals surface area contributed by atoms with Gasteiger partial charge in [0.2, 0.25) is 5.95 Å². The van der Waals surface area contributed by atoms with Gasteiger partial charge in [0, 0.05) is 42.4 Å². The van der Waals surface area contributed by atoms with E-state index in [-0.39, 0.29) is 30.1 Å². The Balaban J connectivity index is 0.00000160. The van der Waals surface area contributed by atoms with E-state index in [9.17, 15) is 4.79 Å². The average molecular weight is 740 g/mol. The van der Waals surface area contributed by atoms with Gasteiger partial charge in [0.25, 0.3) is 6.47 Å². The van der Waals surface area contributed by atoms with Gasteiger partial charge in [-0.1, -0.05) is 45.0 Å². The lowest BCUT2D eigenvalue weighted by molar-refractivity contribution is -0.122. The number of carbonyl (C=O) groups is 2. The quantitative estimate of drug-likeness (QED) is 0.148.